The summed E-state index contributed by atoms with van der Waals surface area (Å²) in [5.41, 5.74) is 5.84. The first-order chi connectivity index (χ1) is 9.02. The van der Waals surface area contributed by atoms with Crippen LogP contribution in [0.15, 0.2) is 28.1 Å². The lowest BCUT2D eigenvalue weighted by Crippen LogP contribution is -2.12. The van der Waals surface area contributed by atoms with E-state index in [9.17, 15) is 0 Å². The van der Waals surface area contributed by atoms with Crippen LogP contribution in [0.3, 0.4) is 0 Å². The third kappa shape index (κ3) is 6.80. The Kier molecular flexibility index (Phi) is 8.07. The number of amidine groups is 1. The number of hydrogen-bond acceptors (Lipinski definition) is 3. The van der Waals surface area contributed by atoms with E-state index in [1.165, 1.54) is 0 Å². The Balaban J connectivity index is 2.35. The Bertz CT molecular complexity index is 439. The van der Waals surface area contributed by atoms with E-state index in [1.807, 2.05) is 12.1 Å². The number of hydrogen-bond donors (Lipinski definition) is 1. The molecule has 1 aromatic rings. The van der Waals surface area contributed by atoms with Crippen LogP contribution in [0.2, 0.25) is 10.0 Å². The van der Waals surface area contributed by atoms with Crippen LogP contribution in [0.25, 0.3) is 0 Å². The van der Waals surface area contributed by atoms with Crippen LogP contribution in [0.1, 0.15) is 20.3 Å². The maximum atomic E-state index is 6.09. The zero-order valence-electron chi connectivity index (χ0n) is 11.0. The molecule has 0 aliphatic carbocycles. The largest absolute Gasteiger partial charge is 0.379 e. The van der Waals surface area contributed by atoms with E-state index < -0.39 is 0 Å². The summed E-state index contributed by atoms with van der Waals surface area (Å²) in [7, 11) is 0. The number of halogens is 2. The molecule has 0 aliphatic rings. The van der Waals surface area contributed by atoms with E-state index in [1.54, 1.807) is 29.6 Å². The van der Waals surface area contributed by atoms with Crippen molar-refractivity contribution in [2.45, 2.75) is 31.2 Å². The normalized spacial score (nSPS) is 13.6. The van der Waals surface area contributed by atoms with E-state index in [-0.39, 0.29) is 0 Å². The van der Waals surface area contributed by atoms with Gasteiger partial charge in [0.15, 0.2) is 5.17 Å². The summed E-state index contributed by atoms with van der Waals surface area (Å²) in [6.07, 6.45) is 1.01. The monoisotopic (exact) mass is 336 g/mol. The molecule has 19 heavy (non-hydrogen) atoms. The maximum absolute atomic E-state index is 6.09. The highest BCUT2D eigenvalue weighted by atomic mass is 35.5. The third-order valence-electron chi connectivity index (χ3n) is 2.42. The Morgan fingerprint density at radius 3 is 2.79 bits per heavy atom. The van der Waals surface area contributed by atoms with Crippen molar-refractivity contribution < 1.29 is 0 Å². The Labute approximate surface area is 133 Å². The van der Waals surface area contributed by atoms with E-state index >= 15 is 0 Å². The van der Waals surface area contributed by atoms with Gasteiger partial charge in [0.1, 0.15) is 0 Å². The van der Waals surface area contributed by atoms with Crippen molar-refractivity contribution >= 4 is 51.9 Å². The molecule has 2 nitrogen and oxygen atoms in total. The molecule has 1 rings (SSSR count). The SMILES string of the molecule is CC[C@H](C)N=C(N)SCCSc1cc(Cl)ccc1Cl. The van der Waals surface area contributed by atoms with Gasteiger partial charge in [-0.1, -0.05) is 41.9 Å². The molecule has 1 atom stereocenters. The second-order valence-electron chi connectivity index (χ2n) is 4.00. The lowest BCUT2D eigenvalue weighted by molar-refractivity contribution is 0.718. The first kappa shape index (κ1) is 17.0. The van der Waals surface area contributed by atoms with E-state index in [0.717, 1.165) is 27.8 Å². The van der Waals surface area contributed by atoms with Crippen molar-refractivity contribution in [2.24, 2.45) is 10.7 Å². The van der Waals surface area contributed by atoms with Gasteiger partial charge in [-0.3, -0.25) is 4.99 Å². The molecule has 0 unspecified atom stereocenters. The zero-order chi connectivity index (χ0) is 14.3. The van der Waals surface area contributed by atoms with Gasteiger partial charge in [0, 0.05) is 27.5 Å². The summed E-state index contributed by atoms with van der Waals surface area (Å²) in [5.74, 6) is 1.82. The number of rotatable bonds is 6. The summed E-state index contributed by atoms with van der Waals surface area (Å²) in [5, 5.41) is 2.10. The molecule has 1 aromatic carbocycles. The molecule has 0 aliphatic heterocycles. The molecule has 6 heteroatoms. The average molecular weight is 337 g/mol. The minimum absolute atomic E-state index is 0.294. The number of nitrogens with zero attached hydrogens (tertiary/aromatic N) is 1. The van der Waals surface area contributed by atoms with E-state index in [4.69, 9.17) is 28.9 Å². The predicted octanol–water partition coefficient (Wildman–Crippen LogP) is 4.93. The highest BCUT2D eigenvalue weighted by Crippen LogP contribution is 2.30. The molecule has 2 N–H and O–H groups in total. The van der Waals surface area contributed by atoms with Gasteiger partial charge in [-0.25, -0.2) is 0 Å². The summed E-state index contributed by atoms with van der Waals surface area (Å²) in [6, 6.07) is 5.79. The Morgan fingerprint density at radius 2 is 2.11 bits per heavy atom. The number of aliphatic imine (C=N–C) groups is 1. The molecule has 0 bridgehead atoms. The van der Waals surface area contributed by atoms with Crippen molar-refractivity contribution in [3.63, 3.8) is 0 Å². The van der Waals surface area contributed by atoms with Crippen LogP contribution in [0, 0.1) is 0 Å². The van der Waals surface area contributed by atoms with Crippen molar-refractivity contribution in [1.82, 2.24) is 0 Å². The second kappa shape index (κ2) is 9.01. The highest BCUT2D eigenvalue weighted by molar-refractivity contribution is 8.14. The van der Waals surface area contributed by atoms with Gasteiger partial charge in [-0.15, -0.1) is 11.8 Å². The average Bonchev–Trinajstić information content (AvgIpc) is 2.38. The number of thioether (sulfide) groups is 2. The molecule has 0 saturated heterocycles. The number of nitrogens with two attached hydrogens (primary N) is 1. The van der Waals surface area contributed by atoms with Gasteiger partial charge < -0.3 is 5.73 Å². The fraction of sp³-hybridized carbons (Fsp3) is 0.462. The minimum atomic E-state index is 0.294. The first-order valence-electron chi connectivity index (χ1n) is 6.06. The standard InChI is InChI=1S/C13H18Cl2N2S2/c1-3-9(2)17-13(16)19-7-6-18-12-8-10(14)4-5-11(12)15/h4-5,8-9H,3,6-7H2,1-2H3,(H2,16,17)/t9-/m0/s1. The third-order valence-corrected chi connectivity index (χ3v) is 5.22. The van der Waals surface area contributed by atoms with Crippen molar-refractivity contribution in [3.8, 4) is 0 Å². The Morgan fingerprint density at radius 1 is 1.37 bits per heavy atom. The van der Waals surface area contributed by atoms with Crippen molar-refractivity contribution in [1.29, 1.82) is 0 Å². The smallest absolute Gasteiger partial charge is 0.154 e. The first-order valence-corrected chi connectivity index (χ1v) is 8.79. The van der Waals surface area contributed by atoms with Gasteiger partial charge in [0.05, 0.1) is 5.02 Å². The van der Waals surface area contributed by atoms with E-state index in [0.29, 0.717) is 16.2 Å². The quantitative estimate of drug-likeness (QED) is 0.346. The molecular formula is C13H18Cl2N2S2. The highest BCUT2D eigenvalue weighted by Gasteiger charge is 2.03. The molecule has 0 radical (unpaired) electrons. The zero-order valence-corrected chi connectivity index (χ0v) is 14.2. The summed E-state index contributed by atoms with van der Waals surface area (Å²) in [6.45, 7) is 4.16. The summed E-state index contributed by atoms with van der Waals surface area (Å²) in [4.78, 5) is 5.38. The lowest BCUT2D eigenvalue weighted by Gasteiger charge is -2.06. The van der Waals surface area contributed by atoms with Crippen LogP contribution in [-0.2, 0) is 0 Å². The molecular weight excluding hydrogens is 319 g/mol. The lowest BCUT2D eigenvalue weighted by atomic mass is 10.3. The van der Waals surface area contributed by atoms with Gasteiger partial charge in [0.25, 0.3) is 0 Å². The van der Waals surface area contributed by atoms with Crippen LogP contribution in [0.5, 0.6) is 0 Å². The van der Waals surface area contributed by atoms with Crippen molar-refractivity contribution in [2.75, 3.05) is 11.5 Å². The van der Waals surface area contributed by atoms with E-state index in [2.05, 4.69) is 18.8 Å². The van der Waals surface area contributed by atoms with Crippen LogP contribution in [0.4, 0.5) is 0 Å². The van der Waals surface area contributed by atoms with Gasteiger partial charge in [-0.2, -0.15) is 0 Å². The second-order valence-corrected chi connectivity index (χ2v) is 7.09. The van der Waals surface area contributed by atoms with Gasteiger partial charge in [0.2, 0.25) is 0 Å². The topological polar surface area (TPSA) is 38.4 Å². The van der Waals surface area contributed by atoms with Gasteiger partial charge in [-0.05, 0) is 31.5 Å². The Hall–Kier alpha value is -0.0300. The summed E-state index contributed by atoms with van der Waals surface area (Å²) >= 11 is 15.3. The predicted molar refractivity (Wildman–Crippen MR) is 91.0 cm³/mol. The van der Waals surface area contributed by atoms with Gasteiger partial charge >= 0.3 is 0 Å². The summed E-state index contributed by atoms with van der Waals surface area (Å²) < 4.78 is 0. The van der Waals surface area contributed by atoms with Crippen LogP contribution in [-0.4, -0.2) is 22.7 Å². The molecule has 0 saturated carbocycles. The molecule has 0 fully saturated rings. The van der Waals surface area contributed by atoms with Crippen molar-refractivity contribution in [3.05, 3.63) is 28.2 Å². The molecule has 0 spiro atoms. The minimum Gasteiger partial charge on any atom is -0.379 e. The van der Waals surface area contributed by atoms with Crippen LogP contribution < -0.4 is 5.73 Å². The maximum Gasteiger partial charge on any atom is 0.154 e. The fourth-order valence-electron chi connectivity index (χ4n) is 1.23. The molecule has 0 heterocycles. The molecule has 0 aromatic heterocycles. The number of benzene rings is 1. The molecule has 0 amide bonds. The molecule has 106 valence electrons. The fourth-order valence-corrected chi connectivity index (χ4v) is 3.52. The van der Waals surface area contributed by atoms with Crippen LogP contribution >= 0.6 is 46.7 Å².